The highest BCUT2D eigenvalue weighted by atomic mass is 19.2. The van der Waals surface area contributed by atoms with Crippen LogP contribution < -0.4 is 5.32 Å². The number of carbonyl (C=O) groups excluding carboxylic acids is 1. The molecular formula is C12H11F3N2O4. The number of carboxylic acids is 1. The molecule has 0 spiro atoms. The number of halogens is 3. The average Bonchev–Trinajstić information content (AvgIpc) is 2.78. The number of carbonyl (C=O) groups is 2. The van der Waals surface area contributed by atoms with Crippen LogP contribution in [0.1, 0.15) is 6.42 Å². The third-order valence-electron chi connectivity index (χ3n) is 3.08. The minimum absolute atomic E-state index is 0.164. The lowest BCUT2D eigenvalue weighted by atomic mass is 10.2. The van der Waals surface area contributed by atoms with Crippen molar-refractivity contribution in [3.63, 3.8) is 0 Å². The summed E-state index contributed by atoms with van der Waals surface area (Å²) in [5.41, 5.74) is -0.621. The predicted molar refractivity (Wildman–Crippen MR) is 64.1 cm³/mol. The second kappa shape index (κ2) is 5.60. The van der Waals surface area contributed by atoms with Crippen molar-refractivity contribution in [2.24, 2.45) is 0 Å². The Kier molecular flexibility index (Phi) is 4.03. The topological polar surface area (TPSA) is 89.9 Å². The van der Waals surface area contributed by atoms with Crippen LogP contribution >= 0.6 is 0 Å². The fourth-order valence-electron chi connectivity index (χ4n) is 2.08. The van der Waals surface area contributed by atoms with Crippen molar-refractivity contribution >= 4 is 17.7 Å². The van der Waals surface area contributed by atoms with Gasteiger partial charge >= 0.3 is 12.0 Å². The Morgan fingerprint density at radius 3 is 2.43 bits per heavy atom. The average molecular weight is 304 g/mol. The highest BCUT2D eigenvalue weighted by Gasteiger charge is 2.39. The van der Waals surface area contributed by atoms with E-state index in [1.54, 1.807) is 0 Å². The number of rotatable bonds is 2. The molecule has 1 aliphatic rings. The van der Waals surface area contributed by atoms with E-state index in [9.17, 15) is 27.9 Å². The van der Waals surface area contributed by atoms with E-state index in [2.05, 4.69) is 0 Å². The maximum atomic E-state index is 13.4. The molecular weight excluding hydrogens is 293 g/mol. The Morgan fingerprint density at radius 1 is 1.19 bits per heavy atom. The van der Waals surface area contributed by atoms with E-state index in [-0.39, 0.29) is 19.0 Å². The fourth-order valence-corrected chi connectivity index (χ4v) is 2.08. The summed E-state index contributed by atoms with van der Waals surface area (Å²) in [5.74, 6) is -5.30. The summed E-state index contributed by atoms with van der Waals surface area (Å²) >= 11 is 0. The van der Waals surface area contributed by atoms with Crippen LogP contribution in [-0.2, 0) is 4.79 Å². The zero-order chi connectivity index (χ0) is 15.7. The largest absolute Gasteiger partial charge is 0.480 e. The van der Waals surface area contributed by atoms with Crippen LogP contribution in [0.25, 0.3) is 0 Å². The molecule has 2 amide bonds. The van der Waals surface area contributed by atoms with E-state index >= 15 is 0 Å². The highest BCUT2D eigenvalue weighted by Crippen LogP contribution is 2.22. The number of aliphatic hydroxyl groups is 1. The molecule has 1 aromatic carbocycles. The molecule has 1 heterocycles. The number of benzene rings is 1. The number of nitrogens with zero attached hydrogens (tertiary/aromatic N) is 1. The molecule has 114 valence electrons. The van der Waals surface area contributed by atoms with E-state index in [0.717, 1.165) is 4.90 Å². The van der Waals surface area contributed by atoms with Crippen LogP contribution in [0.2, 0.25) is 0 Å². The summed E-state index contributed by atoms with van der Waals surface area (Å²) in [7, 11) is 0. The minimum atomic E-state index is -1.41. The lowest BCUT2D eigenvalue weighted by Gasteiger charge is -2.21. The third kappa shape index (κ3) is 3.07. The monoisotopic (exact) mass is 304 g/mol. The summed E-state index contributed by atoms with van der Waals surface area (Å²) in [4.78, 5) is 23.6. The number of aliphatic hydroxyl groups excluding tert-OH is 1. The molecule has 0 radical (unpaired) electrons. The molecule has 3 N–H and O–H groups in total. The number of aliphatic carboxylic acids is 1. The summed E-state index contributed by atoms with van der Waals surface area (Å²) in [6.07, 6.45) is -1.19. The van der Waals surface area contributed by atoms with Gasteiger partial charge < -0.3 is 20.4 Å². The maximum Gasteiger partial charge on any atom is 0.326 e. The van der Waals surface area contributed by atoms with Crippen LogP contribution in [-0.4, -0.2) is 45.8 Å². The first-order valence-corrected chi connectivity index (χ1v) is 5.92. The molecule has 2 atom stereocenters. The van der Waals surface area contributed by atoms with Gasteiger partial charge in [-0.3, -0.25) is 0 Å². The fraction of sp³-hybridized carbons (Fsp3) is 0.333. The van der Waals surface area contributed by atoms with Crippen molar-refractivity contribution in [1.29, 1.82) is 0 Å². The van der Waals surface area contributed by atoms with E-state index in [1.807, 2.05) is 5.32 Å². The van der Waals surface area contributed by atoms with Gasteiger partial charge in [0.25, 0.3) is 0 Å². The number of amides is 2. The summed E-state index contributed by atoms with van der Waals surface area (Å²) in [6, 6.07) is -1.58. The Morgan fingerprint density at radius 2 is 1.81 bits per heavy atom. The van der Waals surface area contributed by atoms with Crippen LogP contribution in [0.3, 0.4) is 0 Å². The lowest BCUT2D eigenvalue weighted by Crippen LogP contribution is -2.43. The molecule has 1 saturated heterocycles. The van der Waals surface area contributed by atoms with Gasteiger partial charge in [0.1, 0.15) is 11.9 Å². The zero-order valence-electron chi connectivity index (χ0n) is 10.5. The predicted octanol–water partition coefficient (Wildman–Crippen LogP) is 1.16. The molecule has 2 rings (SSSR count). The van der Waals surface area contributed by atoms with Gasteiger partial charge in [0.05, 0.1) is 11.8 Å². The molecule has 1 aromatic rings. The van der Waals surface area contributed by atoms with Gasteiger partial charge in [-0.1, -0.05) is 0 Å². The van der Waals surface area contributed by atoms with Crippen molar-refractivity contribution in [3.8, 4) is 0 Å². The van der Waals surface area contributed by atoms with Crippen molar-refractivity contribution in [2.45, 2.75) is 18.6 Å². The van der Waals surface area contributed by atoms with Gasteiger partial charge in [-0.15, -0.1) is 0 Å². The van der Waals surface area contributed by atoms with E-state index in [0.29, 0.717) is 6.07 Å². The Bertz CT molecular complexity index is 596. The number of anilines is 1. The lowest BCUT2D eigenvalue weighted by molar-refractivity contribution is -0.141. The summed E-state index contributed by atoms with van der Waals surface area (Å²) in [5, 5.41) is 20.3. The van der Waals surface area contributed by atoms with Gasteiger partial charge in [0.15, 0.2) is 11.6 Å². The Hall–Kier alpha value is -2.29. The van der Waals surface area contributed by atoms with Crippen molar-refractivity contribution in [3.05, 3.63) is 29.6 Å². The van der Waals surface area contributed by atoms with Crippen LogP contribution in [0, 0.1) is 17.5 Å². The van der Waals surface area contributed by atoms with Gasteiger partial charge in [0, 0.05) is 25.1 Å². The summed E-state index contributed by atoms with van der Waals surface area (Å²) < 4.78 is 39.2. The van der Waals surface area contributed by atoms with E-state index < -0.39 is 47.3 Å². The number of carboxylic acid groups (broad SMARTS) is 1. The van der Waals surface area contributed by atoms with Crippen molar-refractivity contribution in [2.75, 3.05) is 11.9 Å². The van der Waals surface area contributed by atoms with Gasteiger partial charge in [0.2, 0.25) is 0 Å². The first kappa shape index (κ1) is 15.1. The molecule has 0 aliphatic carbocycles. The standard InChI is InChI=1S/C12H11F3N2O4/c13-6-2-8(15)9(3-7(6)14)16-12(21)17-4-5(18)1-10(17)11(19)20/h2-3,5,10,18H,1,4H2,(H,16,21)(H,19,20). The number of hydrogen-bond acceptors (Lipinski definition) is 3. The first-order chi connectivity index (χ1) is 9.79. The SMILES string of the molecule is O=C(O)C1CC(O)CN1C(=O)Nc1cc(F)c(F)cc1F. The summed E-state index contributed by atoms with van der Waals surface area (Å²) in [6.45, 7) is -0.256. The second-order valence-electron chi connectivity index (χ2n) is 4.57. The van der Waals surface area contributed by atoms with E-state index in [4.69, 9.17) is 5.11 Å². The van der Waals surface area contributed by atoms with Crippen LogP contribution in [0.15, 0.2) is 12.1 Å². The molecule has 0 aromatic heterocycles. The molecule has 6 nitrogen and oxygen atoms in total. The number of nitrogens with one attached hydrogen (secondary N) is 1. The van der Waals surface area contributed by atoms with Crippen molar-refractivity contribution in [1.82, 2.24) is 4.90 Å². The van der Waals surface area contributed by atoms with Gasteiger partial charge in [-0.05, 0) is 0 Å². The second-order valence-corrected chi connectivity index (χ2v) is 4.57. The highest BCUT2D eigenvalue weighted by molar-refractivity contribution is 5.92. The normalized spacial score (nSPS) is 21.4. The number of likely N-dealkylation sites (tertiary alicyclic amines) is 1. The molecule has 9 heteroatoms. The first-order valence-electron chi connectivity index (χ1n) is 5.92. The van der Waals surface area contributed by atoms with Crippen LogP contribution in [0.5, 0.6) is 0 Å². The third-order valence-corrected chi connectivity index (χ3v) is 3.08. The molecule has 0 bridgehead atoms. The molecule has 1 aliphatic heterocycles. The zero-order valence-corrected chi connectivity index (χ0v) is 10.5. The Balaban J connectivity index is 2.18. The maximum absolute atomic E-state index is 13.4. The molecule has 0 saturated carbocycles. The number of urea groups is 1. The molecule has 2 unspecified atom stereocenters. The number of β-amino-alcohol motifs (C(OH)–C–C–N with tert-alkyl or cyclic N) is 1. The van der Waals surface area contributed by atoms with Crippen molar-refractivity contribution < 1.29 is 33.0 Å². The minimum Gasteiger partial charge on any atom is -0.480 e. The quantitative estimate of drug-likeness (QED) is 0.715. The van der Waals surface area contributed by atoms with Gasteiger partial charge in [-0.25, -0.2) is 22.8 Å². The number of hydrogen-bond donors (Lipinski definition) is 3. The molecule has 1 fully saturated rings. The van der Waals surface area contributed by atoms with E-state index in [1.165, 1.54) is 0 Å². The van der Waals surface area contributed by atoms with Crippen LogP contribution in [0.4, 0.5) is 23.7 Å². The van der Waals surface area contributed by atoms with Gasteiger partial charge in [-0.2, -0.15) is 0 Å². The smallest absolute Gasteiger partial charge is 0.326 e. The Labute approximate surface area is 116 Å². The molecule has 21 heavy (non-hydrogen) atoms.